The van der Waals surface area contributed by atoms with Crippen LogP contribution in [-0.4, -0.2) is 33.1 Å². The quantitative estimate of drug-likeness (QED) is 0.723. The van der Waals surface area contributed by atoms with E-state index < -0.39 is 7.12 Å². The third kappa shape index (κ3) is 1.78. The molecule has 1 saturated heterocycles. The number of aryl methyl sites for hydroxylation is 1. The SMILES string of the molecule is Cn1nc(B2OC(C)(C)C(C)(C)O2)c2cccnc21. The van der Waals surface area contributed by atoms with Crippen LogP contribution >= 0.6 is 0 Å². The van der Waals surface area contributed by atoms with Gasteiger partial charge in [0.25, 0.3) is 0 Å². The maximum Gasteiger partial charge on any atom is 0.517 e. The summed E-state index contributed by atoms with van der Waals surface area (Å²) in [5.41, 5.74) is 0.921. The van der Waals surface area contributed by atoms with E-state index in [2.05, 4.69) is 10.1 Å². The van der Waals surface area contributed by atoms with Crippen LogP contribution < -0.4 is 5.59 Å². The van der Waals surface area contributed by atoms with Crippen LogP contribution in [0.4, 0.5) is 0 Å². The van der Waals surface area contributed by atoms with E-state index in [1.807, 2.05) is 46.9 Å². The Morgan fingerprint density at radius 1 is 1.16 bits per heavy atom. The summed E-state index contributed by atoms with van der Waals surface area (Å²) in [5.74, 6) is 0. The highest BCUT2D eigenvalue weighted by Crippen LogP contribution is 2.36. The van der Waals surface area contributed by atoms with Crippen molar-refractivity contribution < 1.29 is 9.31 Å². The van der Waals surface area contributed by atoms with Gasteiger partial charge in [-0.25, -0.2) is 4.98 Å². The lowest BCUT2D eigenvalue weighted by molar-refractivity contribution is 0.00578. The van der Waals surface area contributed by atoms with Gasteiger partial charge in [0.1, 0.15) is 5.59 Å². The van der Waals surface area contributed by atoms with Gasteiger partial charge in [0, 0.05) is 18.6 Å². The van der Waals surface area contributed by atoms with Crippen LogP contribution in [0.25, 0.3) is 11.0 Å². The summed E-state index contributed by atoms with van der Waals surface area (Å²) in [6.45, 7) is 8.15. The summed E-state index contributed by atoms with van der Waals surface area (Å²) in [4.78, 5) is 4.33. The fraction of sp³-hybridized carbons (Fsp3) is 0.538. The number of pyridine rings is 1. The first-order valence-corrected chi connectivity index (χ1v) is 6.45. The maximum atomic E-state index is 6.05. The molecule has 0 atom stereocenters. The predicted molar refractivity (Wildman–Crippen MR) is 74.2 cm³/mol. The Bertz CT molecular complexity index is 620. The van der Waals surface area contributed by atoms with E-state index in [0.717, 1.165) is 16.6 Å². The van der Waals surface area contributed by atoms with Crippen LogP contribution in [0, 0.1) is 0 Å². The minimum atomic E-state index is -0.446. The average Bonchev–Trinajstić information content (AvgIpc) is 2.76. The minimum Gasteiger partial charge on any atom is -0.398 e. The number of hydrogen-bond acceptors (Lipinski definition) is 4. The molecule has 100 valence electrons. The maximum absolute atomic E-state index is 6.05. The van der Waals surface area contributed by atoms with Crippen LogP contribution in [-0.2, 0) is 16.4 Å². The number of aromatic nitrogens is 3. The molecule has 0 aromatic carbocycles. The van der Waals surface area contributed by atoms with Crippen molar-refractivity contribution in [2.45, 2.75) is 38.9 Å². The highest BCUT2D eigenvalue weighted by atomic mass is 16.7. The molecule has 0 saturated carbocycles. The lowest BCUT2D eigenvalue weighted by atomic mass is 9.83. The van der Waals surface area contributed by atoms with Gasteiger partial charge >= 0.3 is 7.12 Å². The van der Waals surface area contributed by atoms with Gasteiger partial charge in [0.2, 0.25) is 0 Å². The monoisotopic (exact) mass is 259 g/mol. The molecule has 2 aromatic heterocycles. The smallest absolute Gasteiger partial charge is 0.398 e. The fourth-order valence-electron chi connectivity index (χ4n) is 2.25. The Labute approximate surface area is 113 Å². The van der Waals surface area contributed by atoms with Gasteiger partial charge in [-0.3, -0.25) is 4.68 Å². The molecule has 1 fully saturated rings. The molecule has 0 amide bonds. The zero-order chi connectivity index (χ0) is 13.8. The number of fused-ring (bicyclic) bond motifs is 1. The van der Waals surface area contributed by atoms with Crippen molar-refractivity contribution in [1.82, 2.24) is 14.8 Å². The van der Waals surface area contributed by atoms with Crippen molar-refractivity contribution in [3.8, 4) is 0 Å². The van der Waals surface area contributed by atoms with Crippen molar-refractivity contribution in [2.75, 3.05) is 0 Å². The summed E-state index contributed by atoms with van der Waals surface area (Å²) in [7, 11) is 1.43. The molecule has 0 N–H and O–H groups in total. The first-order chi connectivity index (χ1) is 8.82. The Hall–Kier alpha value is -1.40. The van der Waals surface area contributed by atoms with Gasteiger partial charge in [-0.2, -0.15) is 5.10 Å². The molecule has 1 aliphatic heterocycles. The molecule has 3 rings (SSSR count). The van der Waals surface area contributed by atoms with E-state index >= 15 is 0 Å². The number of nitrogens with zero attached hydrogens (tertiary/aromatic N) is 3. The molecule has 0 aliphatic carbocycles. The van der Waals surface area contributed by atoms with Crippen molar-refractivity contribution in [3.63, 3.8) is 0 Å². The van der Waals surface area contributed by atoms with Crippen molar-refractivity contribution in [1.29, 1.82) is 0 Å². The lowest BCUT2D eigenvalue weighted by Crippen LogP contribution is -2.41. The van der Waals surface area contributed by atoms with Crippen molar-refractivity contribution in [2.24, 2.45) is 7.05 Å². The van der Waals surface area contributed by atoms with Crippen molar-refractivity contribution >= 4 is 23.7 Å². The zero-order valence-electron chi connectivity index (χ0n) is 12.0. The molecule has 0 radical (unpaired) electrons. The molecule has 6 heteroatoms. The fourth-order valence-corrected chi connectivity index (χ4v) is 2.25. The third-order valence-corrected chi connectivity index (χ3v) is 4.10. The van der Waals surface area contributed by atoms with E-state index in [1.54, 1.807) is 10.9 Å². The lowest BCUT2D eigenvalue weighted by Gasteiger charge is -2.32. The van der Waals surface area contributed by atoms with Crippen LogP contribution in [0.3, 0.4) is 0 Å². The highest BCUT2D eigenvalue weighted by molar-refractivity contribution is 6.64. The topological polar surface area (TPSA) is 49.2 Å². The largest absolute Gasteiger partial charge is 0.517 e. The highest BCUT2D eigenvalue weighted by Gasteiger charge is 2.53. The zero-order valence-corrected chi connectivity index (χ0v) is 12.0. The van der Waals surface area contributed by atoms with E-state index in [-0.39, 0.29) is 11.2 Å². The summed E-state index contributed by atoms with van der Waals surface area (Å²) in [6.07, 6.45) is 1.76. The molecule has 3 heterocycles. The van der Waals surface area contributed by atoms with Gasteiger partial charge in [0.15, 0.2) is 5.65 Å². The normalized spacial score (nSPS) is 21.2. The molecule has 0 bridgehead atoms. The van der Waals surface area contributed by atoms with E-state index in [0.29, 0.717) is 0 Å². The van der Waals surface area contributed by atoms with Gasteiger partial charge < -0.3 is 9.31 Å². The molecule has 0 spiro atoms. The van der Waals surface area contributed by atoms with Crippen LogP contribution in [0.15, 0.2) is 18.3 Å². The van der Waals surface area contributed by atoms with Gasteiger partial charge in [0.05, 0.1) is 11.2 Å². The first-order valence-electron chi connectivity index (χ1n) is 6.45. The molecule has 2 aromatic rings. The number of rotatable bonds is 1. The first kappa shape index (κ1) is 12.6. The molecule has 1 aliphatic rings. The average molecular weight is 259 g/mol. The van der Waals surface area contributed by atoms with Crippen LogP contribution in [0.1, 0.15) is 27.7 Å². The van der Waals surface area contributed by atoms with Gasteiger partial charge in [-0.05, 0) is 39.8 Å². The van der Waals surface area contributed by atoms with Crippen LogP contribution in [0.2, 0.25) is 0 Å². The molecule has 0 unspecified atom stereocenters. The molecule has 5 nitrogen and oxygen atoms in total. The van der Waals surface area contributed by atoms with Gasteiger partial charge in [-0.15, -0.1) is 0 Å². The van der Waals surface area contributed by atoms with Crippen molar-refractivity contribution in [3.05, 3.63) is 18.3 Å². The van der Waals surface area contributed by atoms with Crippen LogP contribution in [0.5, 0.6) is 0 Å². The summed E-state index contributed by atoms with van der Waals surface area (Å²) in [6, 6.07) is 3.90. The second-order valence-electron chi connectivity index (χ2n) is 5.97. The Balaban J connectivity index is 2.08. The summed E-state index contributed by atoms with van der Waals surface area (Å²) in [5, 5.41) is 5.48. The predicted octanol–water partition coefficient (Wildman–Crippen LogP) is 1.27. The molecular weight excluding hydrogens is 241 g/mol. The van der Waals surface area contributed by atoms with Gasteiger partial charge in [-0.1, -0.05) is 0 Å². The Kier molecular flexibility index (Phi) is 2.53. The third-order valence-electron chi connectivity index (χ3n) is 4.10. The standard InChI is InChI=1S/C13H18BN3O2/c1-12(2)13(3,4)19-14(18-12)10-9-7-6-8-15-11(9)17(5)16-10/h6-8H,1-5H3. The second kappa shape index (κ2) is 3.80. The van der Waals surface area contributed by atoms with E-state index in [9.17, 15) is 0 Å². The Morgan fingerprint density at radius 3 is 2.42 bits per heavy atom. The second-order valence-corrected chi connectivity index (χ2v) is 5.97. The minimum absolute atomic E-state index is 0.357. The summed E-state index contributed by atoms with van der Waals surface area (Å²) < 4.78 is 13.9. The van der Waals surface area contributed by atoms with E-state index in [1.165, 1.54) is 0 Å². The Morgan fingerprint density at radius 2 is 1.79 bits per heavy atom. The number of hydrogen-bond donors (Lipinski definition) is 0. The van der Waals surface area contributed by atoms with E-state index in [4.69, 9.17) is 9.31 Å². The molecule has 19 heavy (non-hydrogen) atoms. The summed E-state index contributed by atoms with van der Waals surface area (Å²) >= 11 is 0. The molecular formula is C13H18BN3O2.